The van der Waals surface area contributed by atoms with Gasteiger partial charge in [0, 0.05) is 6.42 Å². The molecule has 158 valence electrons. The Bertz CT molecular complexity index is 1040. The lowest BCUT2D eigenvalue weighted by Crippen LogP contribution is -2.53. The molecule has 4 rings (SSSR count). The molecule has 1 aliphatic heterocycles. The van der Waals surface area contributed by atoms with Gasteiger partial charge in [-0.05, 0) is 29.2 Å². The van der Waals surface area contributed by atoms with E-state index in [0.717, 1.165) is 22.3 Å². The van der Waals surface area contributed by atoms with Crippen molar-refractivity contribution in [2.75, 3.05) is 0 Å². The molecule has 0 fully saturated rings. The van der Waals surface area contributed by atoms with Gasteiger partial charge in [-0.1, -0.05) is 84.9 Å². The molecule has 31 heavy (non-hydrogen) atoms. The number of benzene rings is 3. The van der Waals surface area contributed by atoms with Crippen LogP contribution in [0.4, 0.5) is 4.79 Å². The van der Waals surface area contributed by atoms with Gasteiger partial charge in [-0.2, -0.15) is 0 Å². The molecule has 0 radical (unpaired) electrons. The van der Waals surface area contributed by atoms with E-state index in [-0.39, 0.29) is 18.6 Å². The SMILES string of the molecule is C[C@@H](NC(=O)[C@@H]1Cc2ccccc2CN1C(=O)OCc1ccccc1)c1ccccc1. The number of ether oxygens (including phenoxy) is 1. The summed E-state index contributed by atoms with van der Waals surface area (Å²) < 4.78 is 5.56. The smallest absolute Gasteiger partial charge is 0.411 e. The second kappa shape index (κ2) is 9.47. The number of fused-ring (bicyclic) bond motifs is 1. The Kier molecular flexibility index (Phi) is 6.32. The van der Waals surface area contributed by atoms with Crippen LogP contribution in [0.3, 0.4) is 0 Å². The summed E-state index contributed by atoms with van der Waals surface area (Å²) in [4.78, 5) is 27.7. The molecule has 1 N–H and O–H groups in total. The Morgan fingerprint density at radius 2 is 1.55 bits per heavy atom. The fourth-order valence-electron chi connectivity index (χ4n) is 3.89. The molecule has 0 unspecified atom stereocenters. The molecule has 5 nitrogen and oxygen atoms in total. The number of carbonyl (C=O) groups is 2. The number of rotatable bonds is 5. The normalized spacial score (nSPS) is 16.2. The van der Waals surface area contributed by atoms with Crippen LogP contribution >= 0.6 is 0 Å². The van der Waals surface area contributed by atoms with Crippen LogP contribution in [0, 0.1) is 0 Å². The molecule has 0 saturated heterocycles. The number of nitrogens with one attached hydrogen (secondary N) is 1. The number of carbonyl (C=O) groups excluding carboxylic acids is 2. The zero-order valence-corrected chi connectivity index (χ0v) is 17.5. The third kappa shape index (κ3) is 4.94. The third-order valence-corrected chi connectivity index (χ3v) is 5.65. The molecule has 2 atom stereocenters. The van der Waals surface area contributed by atoms with Gasteiger partial charge in [0.15, 0.2) is 0 Å². The first-order valence-corrected chi connectivity index (χ1v) is 10.5. The number of nitrogens with zero attached hydrogens (tertiary/aromatic N) is 1. The van der Waals surface area contributed by atoms with E-state index < -0.39 is 12.1 Å². The summed E-state index contributed by atoms with van der Waals surface area (Å²) >= 11 is 0. The Morgan fingerprint density at radius 1 is 0.935 bits per heavy atom. The Labute approximate surface area is 182 Å². The molecule has 0 saturated carbocycles. The number of hydrogen-bond donors (Lipinski definition) is 1. The van der Waals surface area contributed by atoms with E-state index >= 15 is 0 Å². The maximum atomic E-state index is 13.2. The topological polar surface area (TPSA) is 58.6 Å². The lowest BCUT2D eigenvalue weighted by atomic mass is 9.93. The van der Waals surface area contributed by atoms with Crippen molar-refractivity contribution in [1.29, 1.82) is 0 Å². The lowest BCUT2D eigenvalue weighted by Gasteiger charge is -2.35. The highest BCUT2D eigenvalue weighted by Gasteiger charge is 2.36. The lowest BCUT2D eigenvalue weighted by molar-refractivity contribution is -0.127. The zero-order chi connectivity index (χ0) is 21.6. The predicted molar refractivity (Wildman–Crippen MR) is 119 cm³/mol. The van der Waals surface area contributed by atoms with Crippen molar-refractivity contribution in [3.8, 4) is 0 Å². The summed E-state index contributed by atoms with van der Waals surface area (Å²) in [6.45, 7) is 2.47. The van der Waals surface area contributed by atoms with Crippen LogP contribution in [0.25, 0.3) is 0 Å². The van der Waals surface area contributed by atoms with Crippen molar-refractivity contribution in [1.82, 2.24) is 10.2 Å². The summed E-state index contributed by atoms with van der Waals surface area (Å²) in [7, 11) is 0. The van der Waals surface area contributed by atoms with E-state index in [2.05, 4.69) is 5.32 Å². The Balaban J connectivity index is 1.51. The van der Waals surface area contributed by atoms with E-state index in [4.69, 9.17) is 4.74 Å². The van der Waals surface area contributed by atoms with Gasteiger partial charge in [0.2, 0.25) is 5.91 Å². The van der Waals surface area contributed by atoms with Crippen molar-refractivity contribution < 1.29 is 14.3 Å². The van der Waals surface area contributed by atoms with Gasteiger partial charge in [0.25, 0.3) is 0 Å². The van der Waals surface area contributed by atoms with E-state index in [1.807, 2.05) is 91.9 Å². The molecule has 1 heterocycles. The van der Waals surface area contributed by atoms with Crippen LogP contribution in [-0.2, 0) is 29.1 Å². The zero-order valence-electron chi connectivity index (χ0n) is 17.5. The standard InChI is InChI=1S/C26H26N2O3/c1-19(21-12-6-3-7-13-21)27-25(29)24-16-22-14-8-9-15-23(22)17-28(24)26(30)31-18-20-10-4-2-5-11-20/h2-15,19,24H,16-18H2,1H3,(H,27,29)/t19-,24+/m1/s1. The summed E-state index contributed by atoms with van der Waals surface area (Å²) in [5.41, 5.74) is 4.05. The Hall–Kier alpha value is -3.60. The minimum Gasteiger partial charge on any atom is -0.445 e. The second-order valence-electron chi connectivity index (χ2n) is 7.80. The second-order valence-corrected chi connectivity index (χ2v) is 7.80. The van der Waals surface area contributed by atoms with Crippen molar-refractivity contribution in [3.05, 3.63) is 107 Å². The monoisotopic (exact) mass is 414 g/mol. The van der Waals surface area contributed by atoms with Crippen LogP contribution in [0.15, 0.2) is 84.9 Å². The molecule has 0 bridgehead atoms. The van der Waals surface area contributed by atoms with E-state index in [1.165, 1.54) is 0 Å². The largest absolute Gasteiger partial charge is 0.445 e. The summed E-state index contributed by atoms with van der Waals surface area (Å²) in [5, 5.41) is 3.07. The molecule has 0 aliphatic carbocycles. The molecule has 0 spiro atoms. The number of amides is 2. The number of hydrogen-bond acceptors (Lipinski definition) is 3. The molecule has 5 heteroatoms. The molecule has 0 aromatic heterocycles. The third-order valence-electron chi connectivity index (χ3n) is 5.65. The van der Waals surface area contributed by atoms with E-state index in [1.54, 1.807) is 4.90 Å². The van der Waals surface area contributed by atoms with Gasteiger partial charge < -0.3 is 10.1 Å². The van der Waals surface area contributed by atoms with Gasteiger partial charge in [-0.25, -0.2) is 4.79 Å². The average molecular weight is 415 g/mol. The van der Waals surface area contributed by atoms with Crippen LogP contribution in [0.5, 0.6) is 0 Å². The van der Waals surface area contributed by atoms with Gasteiger partial charge in [0.05, 0.1) is 12.6 Å². The fourth-order valence-corrected chi connectivity index (χ4v) is 3.89. The highest BCUT2D eigenvalue weighted by atomic mass is 16.6. The van der Waals surface area contributed by atoms with Crippen molar-refractivity contribution >= 4 is 12.0 Å². The van der Waals surface area contributed by atoms with Crippen LogP contribution in [0.2, 0.25) is 0 Å². The highest BCUT2D eigenvalue weighted by molar-refractivity contribution is 5.86. The Morgan fingerprint density at radius 3 is 2.26 bits per heavy atom. The van der Waals surface area contributed by atoms with Crippen LogP contribution in [0.1, 0.15) is 35.2 Å². The molecule has 3 aromatic carbocycles. The first-order chi connectivity index (χ1) is 15.1. The maximum absolute atomic E-state index is 13.2. The van der Waals surface area contributed by atoms with Gasteiger partial charge in [-0.3, -0.25) is 9.69 Å². The first-order valence-electron chi connectivity index (χ1n) is 10.5. The molecule has 3 aromatic rings. The molecule has 2 amide bonds. The van der Waals surface area contributed by atoms with Crippen molar-refractivity contribution in [2.45, 2.75) is 38.6 Å². The minimum absolute atomic E-state index is 0.159. The summed E-state index contributed by atoms with van der Waals surface area (Å²) in [6, 6.07) is 26.5. The van der Waals surface area contributed by atoms with Crippen molar-refractivity contribution in [3.63, 3.8) is 0 Å². The quantitative estimate of drug-likeness (QED) is 0.662. The molecular weight excluding hydrogens is 388 g/mol. The van der Waals surface area contributed by atoms with Crippen molar-refractivity contribution in [2.24, 2.45) is 0 Å². The summed E-state index contributed by atoms with van der Waals surface area (Å²) in [6.07, 6.45) is -0.0184. The predicted octanol–water partition coefficient (Wildman–Crippen LogP) is 4.63. The van der Waals surface area contributed by atoms with E-state index in [9.17, 15) is 9.59 Å². The average Bonchev–Trinajstić information content (AvgIpc) is 2.82. The van der Waals surface area contributed by atoms with Gasteiger partial charge in [0.1, 0.15) is 12.6 Å². The fraction of sp³-hybridized carbons (Fsp3) is 0.231. The van der Waals surface area contributed by atoms with Crippen LogP contribution < -0.4 is 5.32 Å². The summed E-state index contributed by atoms with van der Waals surface area (Å²) in [5.74, 6) is -0.178. The molecule has 1 aliphatic rings. The highest BCUT2D eigenvalue weighted by Crippen LogP contribution is 2.25. The van der Waals surface area contributed by atoms with Crippen LogP contribution in [-0.4, -0.2) is 22.9 Å². The minimum atomic E-state index is -0.621. The first kappa shape index (κ1) is 20.7. The maximum Gasteiger partial charge on any atom is 0.411 e. The molecular formula is C26H26N2O3. The van der Waals surface area contributed by atoms with E-state index in [0.29, 0.717) is 13.0 Å². The van der Waals surface area contributed by atoms with Gasteiger partial charge >= 0.3 is 6.09 Å². The van der Waals surface area contributed by atoms with Gasteiger partial charge in [-0.15, -0.1) is 0 Å².